The van der Waals surface area contributed by atoms with Crippen molar-refractivity contribution in [2.75, 3.05) is 26.7 Å². The molecule has 0 spiro atoms. The van der Waals surface area contributed by atoms with E-state index in [9.17, 15) is 0 Å². The average Bonchev–Trinajstić information content (AvgIpc) is 3.52. The van der Waals surface area contributed by atoms with Gasteiger partial charge in [-0.15, -0.1) is 5.10 Å². The zero-order valence-corrected chi connectivity index (χ0v) is 21.9. The number of fused-ring (bicyclic) bond motifs is 2. The van der Waals surface area contributed by atoms with Crippen LogP contribution in [-0.4, -0.2) is 61.4 Å². The summed E-state index contributed by atoms with van der Waals surface area (Å²) in [6.45, 7) is 7.20. The molecule has 1 N–H and O–H groups in total. The highest BCUT2D eigenvalue weighted by molar-refractivity contribution is 6.35. The molecule has 2 aliphatic heterocycles. The lowest BCUT2D eigenvalue weighted by Crippen LogP contribution is -2.35. The van der Waals surface area contributed by atoms with Gasteiger partial charge in [0.25, 0.3) is 0 Å². The number of pyridine rings is 1. The highest BCUT2D eigenvalue weighted by Crippen LogP contribution is 2.33. The summed E-state index contributed by atoms with van der Waals surface area (Å²) in [6, 6.07) is 7.98. The maximum atomic E-state index is 6.35. The molecule has 8 nitrogen and oxygen atoms in total. The van der Waals surface area contributed by atoms with Gasteiger partial charge in [0.05, 0.1) is 21.4 Å². The van der Waals surface area contributed by atoms with Crippen molar-refractivity contribution in [1.29, 1.82) is 0 Å². The monoisotopic (exact) mass is 525 g/mol. The second-order valence-electron chi connectivity index (χ2n) is 9.93. The summed E-state index contributed by atoms with van der Waals surface area (Å²) in [4.78, 5) is 25.2. The van der Waals surface area contributed by atoms with E-state index in [0.29, 0.717) is 15.6 Å². The topological polar surface area (TPSA) is 75.1 Å². The van der Waals surface area contributed by atoms with E-state index in [1.807, 2.05) is 31.2 Å². The number of benzene rings is 1. The molecule has 10 heteroatoms. The lowest BCUT2D eigenvalue weighted by atomic mass is 9.97. The number of H-pyrrole nitrogens is 1. The summed E-state index contributed by atoms with van der Waals surface area (Å²) in [5.74, 6) is 1.54. The molecule has 2 aliphatic rings. The number of imidazole rings is 1. The molecule has 4 aromatic rings. The number of nitrogens with zero attached hydrogens (tertiary/aromatic N) is 6. The molecule has 1 unspecified atom stereocenters. The van der Waals surface area contributed by atoms with E-state index in [0.717, 1.165) is 53.7 Å². The van der Waals surface area contributed by atoms with Gasteiger partial charge in [-0.25, -0.2) is 4.98 Å². The predicted octanol–water partition coefficient (Wildman–Crippen LogP) is 4.98. The van der Waals surface area contributed by atoms with Crippen molar-refractivity contribution >= 4 is 34.1 Å². The number of likely N-dealkylation sites (tertiary alicyclic amines) is 1. The Bertz CT molecular complexity index is 1350. The van der Waals surface area contributed by atoms with E-state index >= 15 is 0 Å². The number of hydrogen-bond acceptors (Lipinski definition) is 6. The largest absolute Gasteiger partial charge is 0.388 e. The van der Waals surface area contributed by atoms with Gasteiger partial charge in [0.1, 0.15) is 11.2 Å². The third-order valence-corrected chi connectivity index (χ3v) is 7.91. The Labute approximate surface area is 220 Å². The maximum absolute atomic E-state index is 6.35. The fraction of sp³-hybridized carbons (Fsp3) is 0.423. The van der Waals surface area contributed by atoms with E-state index < -0.39 is 6.10 Å². The van der Waals surface area contributed by atoms with Gasteiger partial charge in [0.15, 0.2) is 11.9 Å². The van der Waals surface area contributed by atoms with Crippen molar-refractivity contribution in [2.45, 2.75) is 39.0 Å². The van der Waals surface area contributed by atoms with Crippen LogP contribution in [-0.2, 0) is 13.1 Å². The molecule has 1 aromatic carbocycles. The Kier molecular flexibility index (Phi) is 6.37. The molecule has 1 saturated heterocycles. The van der Waals surface area contributed by atoms with Gasteiger partial charge in [0.2, 0.25) is 0 Å². The lowest BCUT2D eigenvalue weighted by Gasteiger charge is -2.31. The van der Waals surface area contributed by atoms with Crippen LogP contribution in [0.3, 0.4) is 0 Å². The molecule has 1 fully saturated rings. The Morgan fingerprint density at radius 2 is 1.86 bits per heavy atom. The van der Waals surface area contributed by atoms with E-state index in [4.69, 9.17) is 38.1 Å². The molecule has 36 heavy (non-hydrogen) atoms. The predicted molar refractivity (Wildman–Crippen MR) is 141 cm³/mol. The van der Waals surface area contributed by atoms with E-state index in [2.05, 4.69) is 26.8 Å². The van der Waals surface area contributed by atoms with Crippen molar-refractivity contribution < 1.29 is 4.84 Å². The smallest absolute Gasteiger partial charge is 0.159 e. The summed E-state index contributed by atoms with van der Waals surface area (Å²) < 4.78 is 0. The number of para-hydroxylation sites is 1. The maximum Gasteiger partial charge on any atom is 0.159 e. The van der Waals surface area contributed by atoms with Gasteiger partial charge in [-0.3, -0.25) is 9.88 Å². The SMILES string of the molecule is CC(On1nc(-c2nc3c([nH]2)CN(CC2CCN(C)CC2)C3)c2ccccc21)c1c(Cl)cncc1Cl. The third-order valence-electron chi connectivity index (χ3n) is 7.31. The number of halogens is 2. The molecule has 0 radical (unpaired) electrons. The van der Waals surface area contributed by atoms with Crippen molar-refractivity contribution in [3.05, 3.63) is 63.7 Å². The summed E-state index contributed by atoms with van der Waals surface area (Å²) in [5.41, 5.74) is 4.58. The molecule has 188 valence electrons. The number of hydrogen-bond donors (Lipinski definition) is 1. The van der Waals surface area contributed by atoms with Gasteiger partial charge in [0, 0.05) is 43.0 Å². The summed E-state index contributed by atoms with van der Waals surface area (Å²) >= 11 is 12.7. The Balaban J connectivity index is 1.23. The number of aromatic nitrogens is 5. The first-order valence-corrected chi connectivity index (χ1v) is 13.1. The van der Waals surface area contributed by atoms with Gasteiger partial charge < -0.3 is 14.7 Å². The number of aromatic amines is 1. The van der Waals surface area contributed by atoms with Gasteiger partial charge in [-0.1, -0.05) is 46.2 Å². The first-order valence-electron chi connectivity index (χ1n) is 12.4. The Morgan fingerprint density at radius 1 is 1.11 bits per heavy atom. The van der Waals surface area contributed by atoms with Crippen molar-refractivity contribution in [3.8, 4) is 11.5 Å². The average molecular weight is 526 g/mol. The summed E-state index contributed by atoms with van der Waals surface area (Å²) in [6.07, 6.45) is 5.25. The van der Waals surface area contributed by atoms with E-state index in [1.54, 1.807) is 17.2 Å². The normalized spacial score (nSPS) is 18.1. The first-order chi connectivity index (χ1) is 17.5. The molecule has 0 saturated carbocycles. The second-order valence-corrected chi connectivity index (χ2v) is 10.7. The van der Waals surface area contributed by atoms with Crippen LogP contribution in [0.5, 0.6) is 0 Å². The molecule has 6 rings (SSSR count). The van der Waals surface area contributed by atoms with Gasteiger partial charge in [-0.2, -0.15) is 0 Å². The molecule has 0 bridgehead atoms. The third kappa shape index (κ3) is 4.47. The van der Waals surface area contributed by atoms with Crippen LogP contribution >= 0.6 is 23.2 Å². The summed E-state index contributed by atoms with van der Waals surface area (Å²) in [7, 11) is 2.21. The molecular formula is C26H29Cl2N7O. The van der Waals surface area contributed by atoms with Crippen LogP contribution < -0.4 is 4.84 Å². The number of piperidine rings is 1. The zero-order chi connectivity index (χ0) is 24.8. The van der Waals surface area contributed by atoms with Crippen LogP contribution in [0.1, 0.15) is 42.8 Å². The van der Waals surface area contributed by atoms with Crippen LogP contribution in [0.2, 0.25) is 10.0 Å². The Morgan fingerprint density at radius 3 is 2.61 bits per heavy atom. The number of nitrogens with one attached hydrogen (secondary N) is 1. The van der Waals surface area contributed by atoms with Gasteiger partial charge in [-0.05, 0) is 51.9 Å². The fourth-order valence-corrected chi connectivity index (χ4v) is 6.03. The molecule has 0 aliphatic carbocycles. The quantitative estimate of drug-likeness (QED) is 0.382. The summed E-state index contributed by atoms with van der Waals surface area (Å²) in [5, 5.41) is 6.68. The van der Waals surface area contributed by atoms with Crippen molar-refractivity contribution in [1.82, 2.24) is 34.7 Å². The minimum Gasteiger partial charge on any atom is -0.388 e. The zero-order valence-electron chi connectivity index (χ0n) is 20.4. The Hall–Kier alpha value is -2.65. The highest BCUT2D eigenvalue weighted by Gasteiger charge is 2.28. The molecular weight excluding hydrogens is 497 g/mol. The second kappa shape index (κ2) is 9.67. The van der Waals surface area contributed by atoms with Crippen molar-refractivity contribution in [2.24, 2.45) is 5.92 Å². The number of rotatable bonds is 6. The first kappa shape index (κ1) is 23.7. The highest BCUT2D eigenvalue weighted by atomic mass is 35.5. The van der Waals surface area contributed by atoms with Crippen LogP contribution in [0.15, 0.2) is 36.7 Å². The van der Waals surface area contributed by atoms with Crippen LogP contribution in [0.25, 0.3) is 22.4 Å². The van der Waals surface area contributed by atoms with Crippen molar-refractivity contribution in [3.63, 3.8) is 0 Å². The minimum absolute atomic E-state index is 0.432. The minimum atomic E-state index is -0.432. The molecule has 1 atom stereocenters. The van der Waals surface area contributed by atoms with Crippen LogP contribution in [0.4, 0.5) is 0 Å². The lowest BCUT2D eigenvalue weighted by molar-refractivity contribution is 0.0332. The fourth-order valence-electron chi connectivity index (χ4n) is 5.36. The molecule has 0 amide bonds. The van der Waals surface area contributed by atoms with E-state index in [1.165, 1.54) is 31.6 Å². The molecule has 3 aromatic heterocycles. The van der Waals surface area contributed by atoms with Gasteiger partial charge >= 0.3 is 0 Å². The standard InChI is InChI=1S/C26H29Cl2N7O/c1-16(24-19(27)11-29-12-20(24)28)36-35-23-6-4-3-5-18(23)25(32-35)26-30-21-14-34(15-22(21)31-26)13-17-7-9-33(2)10-8-17/h3-6,11-12,16-17H,7-10,13-15H2,1-2H3,(H,30,31). The van der Waals surface area contributed by atoms with E-state index in [-0.39, 0.29) is 0 Å². The molecule has 5 heterocycles. The van der Waals surface area contributed by atoms with Crippen LogP contribution in [0, 0.1) is 5.92 Å².